The van der Waals surface area contributed by atoms with Crippen LogP contribution in [0.2, 0.25) is 0 Å². The number of hydrogen-bond acceptors (Lipinski definition) is 5. The molecule has 0 saturated carbocycles. The van der Waals surface area contributed by atoms with Gasteiger partial charge in [-0.15, -0.1) is 0 Å². The monoisotopic (exact) mass is 396 g/mol. The third kappa shape index (κ3) is 10.5. The van der Waals surface area contributed by atoms with Crippen LogP contribution >= 0.6 is 0 Å². The Balaban J connectivity index is 1.50. The lowest BCUT2D eigenvalue weighted by molar-refractivity contribution is -0.0181. The molecule has 2 aliphatic rings. The first-order valence-corrected chi connectivity index (χ1v) is 11.6. The lowest BCUT2D eigenvalue weighted by Crippen LogP contribution is -2.51. The molecule has 0 radical (unpaired) electrons. The summed E-state index contributed by atoms with van der Waals surface area (Å²) in [4.78, 5) is 10.5. The smallest absolute Gasteiger partial charge is 0.0600 e. The van der Waals surface area contributed by atoms with Gasteiger partial charge in [-0.2, -0.15) is 0 Å². The van der Waals surface area contributed by atoms with Crippen molar-refractivity contribution in [2.45, 2.75) is 60.0 Å². The molecule has 0 aliphatic carbocycles. The molecule has 2 rings (SSSR count). The zero-order valence-electron chi connectivity index (χ0n) is 19.8. The van der Waals surface area contributed by atoms with Crippen molar-refractivity contribution in [3.63, 3.8) is 0 Å². The van der Waals surface area contributed by atoms with Crippen molar-refractivity contribution in [1.82, 2.24) is 19.6 Å². The van der Waals surface area contributed by atoms with Crippen molar-refractivity contribution in [3.8, 4) is 0 Å². The largest absolute Gasteiger partial charge is 0.375 e. The molecule has 166 valence electrons. The van der Waals surface area contributed by atoms with Gasteiger partial charge in [-0.3, -0.25) is 14.7 Å². The predicted octanol–water partition coefficient (Wildman–Crippen LogP) is 2.86. The van der Waals surface area contributed by atoms with Crippen LogP contribution in [-0.4, -0.2) is 110 Å². The van der Waals surface area contributed by atoms with E-state index in [1.54, 1.807) is 0 Å². The molecule has 0 N–H and O–H groups in total. The molecule has 28 heavy (non-hydrogen) atoms. The molecule has 0 aromatic carbocycles. The van der Waals surface area contributed by atoms with Gasteiger partial charge in [-0.25, -0.2) is 0 Å². The quantitative estimate of drug-likeness (QED) is 0.596. The highest BCUT2D eigenvalue weighted by Gasteiger charge is 2.21. The van der Waals surface area contributed by atoms with E-state index in [1.165, 1.54) is 84.8 Å². The first-order valence-electron chi connectivity index (χ1n) is 11.6. The van der Waals surface area contributed by atoms with E-state index in [-0.39, 0.29) is 5.60 Å². The third-order valence-electron chi connectivity index (χ3n) is 6.01. The van der Waals surface area contributed by atoms with Crippen LogP contribution in [0.1, 0.15) is 54.4 Å². The Kier molecular flexibility index (Phi) is 9.68. The van der Waals surface area contributed by atoms with Crippen LogP contribution in [0, 0.1) is 5.41 Å². The number of rotatable bonds is 9. The van der Waals surface area contributed by atoms with Crippen LogP contribution in [0.25, 0.3) is 0 Å². The SMILES string of the molecule is CC(C)(C)CCCN1CCN(CCN2CCN(CCOC(C)(C)C)CC2)CC1. The van der Waals surface area contributed by atoms with Gasteiger partial charge in [0, 0.05) is 72.0 Å². The minimum Gasteiger partial charge on any atom is -0.375 e. The number of nitrogens with zero attached hydrogens (tertiary/aromatic N) is 4. The Labute approximate surface area is 175 Å². The van der Waals surface area contributed by atoms with E-state index >= 15 is 0 Å². The van der Waals surface area contributed by atoms with Crippen LogP contribution in [0.15, 0.2) is 0 Å². The molecule has 0 spiro atoms. The second-order valence-corrected chi connectivity index (χ2v) is 11.0. The van der Waals surface area contributed by atoms with Crippen LogP contribution < -0.4 is 0 Å². The van der Waals surface area contributed by atoms with Crippen molar-refractivity contribution in [2.75, 3.05) is 85.1 Å². The molecule has 0 atom stereocenters. The van der Waals surface area contributed by atoms with E-state index in [1.807, 2.05) is 0 Å². The lowest BCUT2D eigenvalue weighted by Gasteiger charge is -2.38. The Bertz CT molecular complexity index is 373. The van der Waals surface area contributed by atoms with Crippen LogP contribution in [0.4, 0.5) is 0 Å². The molecule has 5 nitrogen and oxygen atoms in total. The van der Waals surface area contributed by atoms with Crippen molar-refractivity contribution < 1.29 is 4.74 Å². The Morgan fingerprint density at radius 2 is 0.964 bits per heavy atom. The molecule has 0 bridgehead atoms. The van der Waals surface area contributed by atoms with Gasteiger partial charge in [0.15, 0.2) is 0 Å². The summed E-state index contributed by atoms with van der Waals surface area (Å²) in [5.41, 5.74) is 0.462. The summed E-state index contributed by atoms with van der Waals surface area (Å²) in [5, 5.41) is 0. The van der Waals surface area contributed by atoms with E-state index < -0.39 is 0 Å². The zero-order valence-corrected chi connectivity index (χ0v) is 19.8. The van der Waals surface area contributed by atoms with E-state index in [0.29, 0.717) is 5.41 Å². The second-order valence-electron chi connectivity index (χ2n) is 11.0. The fourth-order valence-electron chi connectivity index (χ4n) is 4.07. The normalized spacial score (nSPS) is 22.1. The standard InChI is InChI=1S/C23H48N4O/c1-22(2,3)8-7-9-24-10-12-25(13-11-24)14-15-26-16-18-27(19-17-26)20-21-28-23(4,5)6/h7-21H2,1-6H3. The van der Waals surface area contributed by atoms with Gasteiger partial charge < -0.3 is 9.64 Å². The number of ether oxygens (including phenoxy) is 1. The Morgan fingerprint density at radius 1 is 0.571 bits per heavy atom. The van der Waals surface area contributed by atoms with Crippen molar-refractivity contribution in [3.05, 3.63) is 0 Å². The molecule has 2 aliphatic heterocycles. The molecule has 2 heterocycles. The number of piperazine rings is 2. The summed E-state index contributed by atoms with van der Waals surface area (Å²) >= 11 is 0. The third-order valence-corrected chi connectivity index (χ3v) is 6.01. The Morgan fingerprint density at radius 3 is 1.36 bits per heavy atom. The molecule has 0 aromatic rings. The predicted molar refractivity (Wildman–Crippen MR) is 120 cm³/mol. The minimum absolute atomic E-state index is 0.0154. The molecule has 2 fully saturated rings. The zero-order chi connectivity index (χ0) is 20.6. The molecule has 5 heteroatoms. The second kappa shape index (κ2) is 11.3. The van der Waals surface area contributed by atoms with Crippen LogP contribution in [-0.2, 0) is 4.74 Å². The highest BCUT2D eigenvalue weighted by atomic mass is 16.5. The summed E-state index contributed by atoms with van der Waals surface area (Å²) in [5.74, 6) is 0. The molecule has 0 unspecified atom stereocenters. The number of hydrogen-bond donors (Lipinski definition) is 0. The lowest BCUT2D eigenvalue weighted by atomic mass is 9.90. The minimum atomic E-state index is -0.0154. The first-order chi connectivity index (χ1) is 13.1. The summed E-state index contributed by atoms with van der Waals surface area (Å²) in [7, 11) is 0. The fourth-order valence-corrected chi connectivity index (χ4v) is 4.07. The first kappa shape index (κ1) is 24.1. The van der Waals surface area contributed by atoms with E-state index in [2.05, 4.69) is 61.1 Å². The molecular weight excluding hydrogens is 348 g/mol. The fraction of sp³-hybridized carbons (Fsp3) is 1.00. The van der Waals surface area contributed by atoms with Crippen LogP contribution in [0.5, 0.6) is 0 Å². The summed E-state index contributed by atoms with van der Waals surface area (Å²) in [6, 6.07) is 0. The maximum atomic E-state index is 5.87. The van der Waals surface area contributed by atoms with E-state index in [9.17, 15) is 0 Å². The average molecular weight is 397 g/mol. The van der Waals surface area contributed by atoms with E-state index in [4.69, 9.17) is 4.74 Å². The maximum absolute atomic E-state index is 5.87. The molecular formula is C23H48N4O. The maximum Gasteiger partial charge on any atom is 0.0600 e. The van der Waals surface area contributed by atoms with Gasteiger partial charge in [0.2, 0.25) is 0 Å². The summed E-state index contributed by atoms with van der Waals surface area (Å²) in [6.45, 7) is 29.0. The molecule has 2 saturated heterocycles. The van der Waals surface area contributed by atoms with Crippen molar-refractivity contribution in [2.24, 2.45) is 5.41 Å². The van der Waals surface area contributed by atoms with Crippen molar-refractivity contribution >= 4 is 0 Å². The Hall–Kier alpha value is -0.200. The topological polar surface area (TPSA) is 22.2 Å². The summed E-state index contributed by atoms with van der Waals surface area (Å²) < 4.78 is 5.87. The average Bonchev–Trinajstić information content (AvgIpc) is 2.60. The molecule has 0 aromatic heterocycles. The van der Waals surface area contributed by atoms with E-state index in [0.717, 1.165) is 13.2 Å². The van der Waals surface area contributed by atoms with Gasteiger partial charge in [0.25, 0.3) is 0 Å². The highest BCUT2D eigenvalue weighted by molar-refractivity contribution is 4.77. The highest BCUT2D eigenvalue weighted by Crippen LogP contribution is 2.20. The van der Waals surface area contributed by atoms with Gasteiger partial charge >= 0.3 is 0 Å². The van der Waals surface area contributed by atoms with Gasteiger partial charge in [-0.1, -0.05) is 20.8 Å². The van der Waals surface area contributed by atoms with Gasteiger partial charge in [0.05, 0.1) is 12.2 Å². The van der Waals surface area contributed by atoms with Gasteiger partial charge in [-0.05, 0) is 45.6 Å². The molecule has 0 amide bonds. The van der Waals surface area contributed by atoms with Gasteiger partial charge in [0.1, 0.15) is 0 Å². The summed E-state index contributed by atoms with van der Waals surface area (Å²) in [6.07, 6.45) is 2.68. The van der Waals surface area contributed by atoms with Crippen LogP contribution in [0.3, 0.4) is 0 Å². The van der Waals surface area contributed by atoms with Crippen molar-refractivity contribution in [1.29, 1.82) is 0 Å².